The number of halogens is 1. The maximum Gasteiger partial charge on any atom is 0.337 e. The lowest BCUT2D eigenvalue weighted by atomic mass is 10.00. The summed E-state index contributed by atoms with van der Waals surface area (Å²) in [6.45, 7) is 3.14. The average Bonchev–Trinajstić information content (AvgIpc) is 2.69. The average molecular weight is 271 g/mol. The minimum atomic E-state index is -1.06. The predicted octanol–water partition coefficient (Wildman–Crippen LogP) is 2.21. The van der Waals surface area contributed by atoms with Crippen molar-refractivity contribution in [2.24, 2.45) is 0 Å². The third kappa shape index (κ3) is 2.52. The zero-order chi connectivity index (χ0) is 13.3. The van der Waals surface area contributed by atoms with E-state index >= 15 is 0 Å². The van der Waals surface area contributed by atoms with Gasteiger partial charge in [0.05, 0.1) is 28.4 Å². The molecule has 1 saturated heterocycles. The van der Waals surface area contributed by atoms with Gasteiger partial charge in [-0.1, -0.05) is 11.6 Å². The molecule has 1 aromatic rings. The topological polar surface area (TPSA) is 84.6 Å². The van der Waals surface area contributed by atoms with Crippen LogP contribution < -0.4 is 11.1 Å². The normalized spacial score (nSPS) is 23.0. The van der Waals surface area contributed by atoms with E-state index in [0.717, 1.165) is 6.42 Å². The summed E-state index contributed by atoms with van der Waals surface area (Å²) in [4.78, 5) is 11.2. The van der Waals surface area contributed by atoms with Crippen molar-refractivity contribution in [1.82, 2.24) is 0 Å². The highest BCUT2D eigenvalue weighted by Gasteiger charge is 2.31. The van der Waals surface area contributed by atoms with Crippen molar-refractivity contribution >= 4 is 28.9 Å². The lowest BCUT2D eigenvalue weighted by Crippen LogP contribution is -2.35. The van der Waals surface area contributed by atoms with Gasteiger partial charge in [0.25, 0.3) is 0 Å². The number of benzene rings is 1. The number of carboxylic acids is 1. The first kappa shape index (κ1) is 13.0. The molecule has 0 aromatic heterocycles. The van der Waals surface area contributed by atoms with Crippen LogP contribution in [0.2, 0.25) is 5.02 Å². The van der Waals surface area contributed by atoms with Crippen molar-refractivity contribution in [2.45, 2.75) is 18.9 Å². The van der Waals surface area contributed by atoms with E-state index in [1.54, 1.807) is 0 Å². The molecule has 1 atom stereocenters. The third-order valence-corrected chi connectivity index (χ3v) is 3.29. The first-order valence-electron chi connectivity index (χ1n) is 5.59. The number of hydrogen-bond donors (Lipinski definition) is 3. The first-order chi connectivity index (χ1) is 8.41. The predicted molar refractivity (Wildman–Crippen MR) is 70.3 cm³/mol. The molecule has 6 heteroatoms. The van der Waals surface area contributed by atoms with Crippen LogP contribution in [0.4, 0.5) is 11.4 Å². The summed E-state index contributed by atoms with van der Waals surface area (Å²) in [5.74, 6) is -1.06. The second kappa shape index (κ2) is 4.66. The van der Waals surface area contributed by atoms with Crippen LogP contribution in [-0.4, -0.2) is 29.8 Å². The molecule has 0 spiro atoms. The van der Waals surface area contributed by atoms with Gasteiger partial charge >= 0.3 is 5.97 Å². The number of nitrogens with two attached hydrogens (primary N) is 1. The first-order valence-corrected chi connectivity index (χ1v) is 5.97. The van der Waals surface area contributed by atoms with Crippen molar-refractivity contribution in [3.05, 3.63) is 22.7 Å². The molecular weight excluding hydrogens is 256 g/mol. The fourth-order valence-corrected chi connectivity index (χ4v) is 2.27. The highest BCUT2D eigenvalue weighted by molar-refractivity contribution is 6.34. The van der Waals surface area contributed by atoms with Gasteiger partial charge in [-0.15, -0.1) is 0 Å². The number of carboxylic acid groups (broad SMARTS) is 1. The Bertz CT molecular complexity index is 484. The van der Waals surface area contributed by atoms with E-state index in [0.29, 0.717) is 29.6 Å². The molecule has 0 bridgehead atoms. The number of carbonyl (C=O) groups is 1. The molecule has 1 unspecified atom stereocenters. The molecule has 0 radical (unpaired) electrons. The van der Waals surface area contributed by atoms with E-state index in [9.17, 15) is 9.90 Å². The summed E-state index contributed by atoms with van der Waals surface area (Å²) < 4.78 is 5.32. The van der Waals surface area contributed by atoms with Crippen LogP contribution >= 0.6 is 11.6 Å². The van der Waals surface area contributed by atoms with Gasteiger partial charge in [0.15, 0.2) is 0 Å². The summed E-state index contributed by atoms with van der Waals surface area (Å²) in [5, 5.41) is 12.7. The number of anilines is 2. The number of rotatable bonds is 3. The number of nitrogens with one attached hydrogen (secondary N) is 1. The molecule has 4 N–H and O–H groups in total. The molecule has 1 heterocycles. The maximum absolute atomic E-state index is 11.2. The van der Waals surface area contributed by atoms with E-state index in [2.05, 4.69) is 5.32 Å². The highest BCUT2D eigenvalue weighted by Crippen LogP contribution is 2.33. The van der Waals surface area contributed by atoms with Gasteiger partial charge in [0, 0.05) is 12.3 Å². The largest absolute Gasteiger partial charge is 0.478 e. The molecule has 1 aliphatic rings. The second-order valence-corrected chi connectivity index (χ2v) is 5.13. The fourth-order valence-electron chi connectivity index (χ4n) is 1.99. The summed E-state index contributed by atoms with van der Waals surface area (Å²) in [6.07, 6.45) is 0.798. The van der Waals surface area contributed by atoms with Gasteiger partial charge in [-0.2, -0.15) is 0 Å². The summed E-state index contributed by atoms with van der Waals surface area (Å²) in [5.41, 5.74) is 6.11. The smallest absolute Gasteiger partial charge is 0.337 e. The number of nitrogen functional groups attached to an aromatic ring is 1. The molecular formula is C12H15ClN2O3. The molecule has 18 heavy (non-hydrogen) atoms. The molecule has 0 saturated carbocycles. The van der Waals surface area contributed by atoms with Crippen LogP contribution in [-0.2, 0) is 4.74 Å². The molecule has 98 valence electrons. The van der Waals surface area contributed by atoms with Crippen molar-refractivity contribution in [3.63, 3.8) is 0 Å². The number of ether oxygens (including phenoxy) is 1. The van der Waals surface area contributed by atoms with Crippen LogP contribution in [0.1, 0.15) is 23.7 Å². The van der Waals surface area contributed by atoms with E-state index in [1.807, 2.05) is 6.92 Å². The Morgan fingerprint density at radius 3 is 2.89 bits per heavy atom. The van der Waals surface area contributed by atoms with Crippen molar-refractivity contribution in [3.8, 4) is 0 Å². The maximum atomic E-state index is 11.2. The second-order valence-electron chi connectivity index (χ2n) is 4.72. The Kier molecular flexibility index (Phi) is 3.36. The number of aromatic carboxylic acids is 1. The fraction of sp³-hybridized carbons (Fsp3) is 0.417. The minimum absolute atomic E-state index is 0.0770. The van der Waals surface area contributed by atoms with E-state index in [1.165, 1.54) is 12.1 Å². The van der Waals surface area contributed by atoms with Crippen LogP contribution in [0.5, 0.6) is 0 Å². The van der Waals surface area contributed by atoms with Gasteiger partial charge in [0.2, 0.25) is 0 Å². The SMILES string of the molecule is CC1(Nc2c(Cl)cc(N)cc2C(=O)O)CCOC1. The van der Waals surface area contributed by atoms with Crippen molar-refractivity contribution in [2.75, 3.05) is 24.3 Å². The molecule has 1 aliphatic heterocycles. The van der Waals surface area contributed by atoms with Gasteiger partial charge in [-0.05, 0) is 25.5 Å². The Labute approximate surface area is 110 Å². The standard InChI is InChI=1S/C12H15ClN2O3/c1-12(2-3-18-6-12)15-10-8(11(16)17)4-7(14)5-9(10)13/h4-5,15H,2-3,6,14H2,1H3,(H,16,17). The Balaban J connectivity index is 2.39. The third-order valence-electron chi connectivity index (χ3n) is 2.99. The van der Waals surface area contributed by atoms with Gasteiger partial charge in [-0.3, -0.25) is 0 Å². The molecule has 0 aliphatic carbocycles. The molecule has 2 rings (SSSR count). The number of hydrogen-bond acceptors (Lipinski definition) is 4. The Morgan fingerprint density at radius 1 is 1.61 bits per heavy atom. The van der Waals surface area contributed by atoms with Crippen molar-refractivity contribution in [1.29, 1.82) is 0 Å². The van der Waals surface area contributed by atoms with Crippen molar-refractivity contribution < 1.29 is 14.6 Å². The van der Waals surface area contributed by atoms with E-state index in [4.69, 9.17) is 22.1 Å². The van der Waals surface area contributed by atoms with E-state index < -0.39 is 5.97 Å². The quantitative estimate of drug-likeness (QED) is 0.734. The monoisotopic (exact) mass is 270 g/mol. The zero-order valence-electron chi connectivity index (χ0n) is 10.00. The summed E-state index contributed by atoms with van der Waals surface area (Å²) in [7, 11) is 0. The molecule has 5 nitrogen and oxygen atoms in total. The molecule has 1 fully saturated rings. The van der Waals surface area contributed by atoms with Crippen LogP contribution in [0.25, 0.3) is 0 Å². The highest BCUT2D eigenvalue weighted by atomic mass is 35.5. The Hall–Kier alpha value is -1.46. The minimum Gasteiger partial charge on any atom is -0.478 e. The summed E-state index contributed by atoms with van der Waals surface area (Å²) >= 11 is 6.07. The summed E-state index contributed by atoms with van der Waals surface area (Å²) in [6, 6.07) is 2.94. The zero-order valence-corrected chi connectivity index (χ0v) is 10.8. The lowest BCUT2D eigenvalue weighted by Gasteiger charge is -2.26. The van der Waals surface area contributed by atoms with Gasteiger partial charge in [-0.25, -0.2) is 4.79 Å². The molecule has 0 amide bonds. The lowest BCUT2D eigenvalue weighted by molar-refractivity contribution is 0.0698. The van der Waals surface area contributed by atoms with Gasteiger partial charge in [0.1, 0.15) is 0 Å². The Morgan fingerprint density at radius 2 is 2.33 bits per heavy atom. The van der Waals surface area contributed by atoms with Gasteiger partial charge < -0.3 is 20.9 Å². The molecule has 1 aromatic carbocycles. The van der Waals surface area contributed by atoms with Crippen LogP contribution in [0.15, 0.2) is 12.1 Å². The van der Waals surface area contributed by atoms with E-state index in [-0.39, 0.29) is 11.1 Å². The van der Waals surface area contributed by atoms with Crippen LogP contribution in [0, 0.1) is 0 Å². The van der Waals surface area contributed by atoms with Crippen LogP contribution in [0.3, 0.4) is 0 Å².